The summed E-state index contributed by atoms with van der Waals surface area (Å²) in [5, 5.41) is 8.81. The molecule has 2 rings (SSSR count). The molecule has 0 aromatic heterocycles. The summed E-state index contributed by atoms with van der Waals surface area (Å²) in [6.07, 6.45) is 2.48. The first-order chi connectivity index (χ1) is 15.1. The normalized spacial score (nSPS) is 21.9. The van der Waals surface area contributed by atoms with Gasteiger partial charge in [-0.1, -0.05) is 37.6 Å². The summed E-state index contributed by atoms with van der Waals surface area (Å²) in [4.78, 5) is 36.5. The zero-order chi connectivity index (χ0) is 23.7. The zero-order valence-electron chi connectivity index (χ0n) is 19.8. The minimum Gasteiger partial charge on any atom is -0.453 e. The monoisotopic (exact) mass is 447 g/mol. The Balaban J connectivity index is 2.20. The predicted molar refractivity (Wildman–Crippen MR) is 122 cm³/mol. The average molecular weight is 448 g/mol. The SMILES string of the molecule is COC(=O)NCC[C@H]1Cc2cccc(c2)[C@@H](NC(=O)OC(C)(C)C)CCC[C@@H](C)C(=O)N1. The van der Waals surface area contributed by atoms with E-state index in [1.807, 2.05) is 45.9 Å². The zero-order valence-corrected chi connectivity index (χ0v) is 19.8. The van der Waals surface area contributed by atoms with Crippen LogP contribution in [0.4, 0.5) is 9.59 Å². The number of carbonyl (C=O) groups excluding carboxylic acids is 3. The van der Waals surface area contributed by atoms with Crippen molar-refractivity contribution in [3.8, 4) is 0 Å². The lowest BCUT2D eigenvalue weighted by molar-refractivity contribution is -0.125. The van der Waals surface area contributed by atoms with Crippen LogP contribution in [0.3, 0.4) is 0 Å². The van der Waals surface area contributed by atoms with Crippen molar-refractivity contribution in [2.24, 2.45) is 5.92 Å². The summed E-state index contributed by atoms with van der Waals surface area (Å²) < 4.78 is 10.1. The van der Waals surface area contributed by atoms with Gasteiger partial charge in [0.1, 0.15) is 5.60 Å². The third-order valence-corrected chi connectivity index (χ3v) is 5.40. The number of hydrogen-bond acceptors (Lipinski definition) is 5. The maximum Gasteiger partial charge on any atom is 0.408 e. The Morgan fingerprint density at radius 2 is 1.94 bits per heavy atom. The summed E-state index contributed by atoms with van der Waals surface area (Å²) in [5.41, 5.74) is 1.49. The molecule has 0 spiro atoms. The number of alkyl carbamates (subject to hydrolysis) is 2. The molecule has 1 aromatic carbocycles. The van der Waals surface area contributed by atoms with Crippen molar-refractivity contribution in [2.45, 2.75) is 77.5 Å². The van der Waals surface area contributed by atoms with E-state index in [1.165, 1.54) is 7.11 Å². The third kappa shape index (κ3) is 8.77. The number of methoxy groups -OCH3 is 1. The Morgan fingerprint density at radius 3 is 2.62 bits per heavy atom. The molecule has 2 bridgehead atoms. The van der Waals surface area contributed by atoms with Gasteiger partial charge in [-0.05, 0) is 57.6 Å². The minimum absolute atomic E-state index is 0.00134. The van der Waals surface area contributed by atoms with E-state index in [4.69, 9.17) is 4.74 Å². The minimum atomic E-state index is -0.574. The van der Waals surface area contributed by atoms with Crippen LogP contribution in [-0.2, 0) is 20.7 Å². The molecule has 1 aliphatic rings. The van der Waals surface area contributed by atoms with Crippen LogP contribution in [0.15, 0.2) is 24.3 Å². The summed E-state index contributed by atoms with van der Waals surface area (Å²) >= 11 is 0. The van der Waals surface area contributed by atoms with E-state index in [0.717, 1.165) is 17.5 Å². The van der Waals surface area contributed by atoms with Crippen molar-refractivity contribution < 1.29 is 23.9 Å². The molecule has 0 saturated heterocycles. The van der Waals surface area contributed by atoms with Gasteiger partial charge >= 0.3 is 12.2 Å². The number of rotatable bonds is 4. The molecular formula is C24H37N3O5. The quantitative estimate of drug-likeness (QED) is 0.650. The Hall–Kier alpha value is -2.77. The van der Waals surface area contributed by atoms with Gasteiger partial charge < -0.3 is 25.4 Å². The molecular weight excluding hydrogens is 410 g/mol. The molecule has 178 valence electrons. The Kier molecular flexibility index (Phi) is 9.35. The second kappa shape index (κ2) is 11.7. The first kappa shape index (κ1) is 25.5. The fraction of sp³-hybridized carbons (Fsp3) is 0.625. The average Bonchev–Trinajstić information content (AvgIpc) is 2.70. The maximum absolute atomic E-state index is 12.7. The first-order valence-corrected chi connectivity index (χ1v) is 11.3. The summed E-state index contributed by atoms with van der Waals surface area (Å²) in [6, 6.07) is 7.73. The molecule has 1 aliphatic heterocycles. The number of hydrogen-bond donors (Lipinski definition) is 3. The van der Waals surface area contributed by atoms with E-state index in [1.54, 1.807) is 0 Å². The Labute approximate surface area is 190 Å². The van der Waals surface area contributed by atoms with Gasteiger partial charge in [0.15, 0.2) is 0 Å². The highest BCUT2D eigenvalue weighted by Crippen LogP contribution is 2.24. The molecule has 0 fully saturated rings. The van der Waals surface area contributed by atoms with Crippen molar-refractivity contribution in [1.29, 1.82) is 0 Å². The van der Waals surface area contributed by atoms with Crippen LogP contribution in [0.5, 0.6) is 0 Å². The molecule has 3 atom stereocenters. The topological polar surface area (TPSA) is 106 Å². The first-order valence-electron chi connectivity index (χ1n) is 11.3. The van der Waals surface area contributed by atoms with Crippen LogP contribution in [0, 0.1) is 5.92 Å². The van der Waals surface area contributed by atoms with Crippen LogP contribution in [-0.4, -0.2) is 43.4 Å². The number of ether oxygens (including phenoxy) is 2. The van der Waals surface area contributed by atoms with E-state index in [0.29, 0.717) is 32.2 Å². The van der Waals surface area contributed by atoms with Gasteiger partial charge in [0.2, 0.25) is 5.91 Å². The molecule has 1 heterocycles. The van der Waals surface area contributed by atoms with Gasteiger partial charge in [-0.3, -0.25) is 4.79 Å². The molecule has 0 aliphatic carbocycles. The summed E-state index contributed by atoms with van der Waals surface area (Å²) in [6.45, 7) is 7.83. The van der Waals surface area contributed by atoms with Gasteiger partial charge in [-0.25, -0.2) is 9.59 Å². The molecule has 1 aromatic rings. The van der Waals surface area contributed by atoms with Crippen molar-refractivity contribution in [3.63, 3.8) is 0 Å². The van der Waals surface area contributed by atoms with E-state index < -0.39 is 17.8 Å². The number of amides is 3. The molecule has 0 saturated carbocycles. The highest BCUT2D eigenvalue weighted by molar-refractivity contribution is 5.78. The Bertz CT molecular complexity index is 790. The number of carbonyl (C=O) groups is 3. The second-order valence-corrected chi connectivity index (χ2v) is 9.39. The van der Waals surface area contributed by atoms with Gasteiger partial charge in [0, 0.05) is 18.5 Å². The lowest BCUT2D eigenvalue weighted by atomic mass is 9.92. The highest BCUT2D eigenvalue weighted by Gasteiger charge is 2.24. The third-order valence-electron chi connectivity index (χ3n) is 5.40. The number of nitrogens with one attached hydrogen (secondary N) is 3. The van der Waals surface area contributed by atoms with Crippen LogP contribution in [0.2, 0.25) is 0 Å². The smallest absolute Gasteiger partial charge is 0.408 e. The van der Waals surface area contributed by atoms with Crippen molar-refractivity contribution in [2.75, 3.05) is 13.7 Å². The van der Waals surface area contributed by atoms with E-state index in [-0.39, 0.29) is 23.9 Å². The molecule has 0 unspecified atom stereocenters. The lowest BCUT2D eigenvalue weighted by Gasteiger charge is -2.26. The van der Waals surface area contributed by atoms with Crippen molar-refractivity contribution in [1.82, 2.24) is 16.0 Å². The van der Waals surface area contributed by atoms with E-state index >= 15 is 0 Å². The molecule has 3 N–H and O–H groups in total. The van der Waals surface area contributed by atoms with E-state index in [9.17, 15) is 14.4 Å². The van der Waals surface area contributed by atoms with E-state index in [2.05, 4.69) is 26.8 Å². The van der Waals surface area contributed by atoms with Crippen LogP contribution < -0.4 is 16.0 Å². The number of fused-ring (bicyclic) bond motifs is 2. The van der Waals surface area contributed by atoms with Crippen LogP contribution in [0.25, 0.3) is 0 Å². The standard InChI is InChI=1S/C24H37N3O5/c1-16-8-6-11-20(27-23(30)32-24(2,3)4)18-10-7-9-17(14-18)15-19(26-21(16)28)12-13-25-22(29)31-5/h7,9-10,14,16,19-20H,6,8,11-13,15H2,1-5H3,(H,25,29)(H,26,28)(H,27,30)/t16-,19+,20+/m1/s1. The second-order valence-electron chi connectivity index (χ2n) is 9.39. The highest BCUT2D eigenvalue weighted by atomic mass is 16.6. The summed E-state index contributed by atoms with van der Waals surface area (Å²) in [7, 11) is 1.32. The molecule has 0 radical (unpaired) electrons. The van der Waals surface area contributed by atoms with Crippen LogP contribution in [0.1, 0.15) is 70.5 Å². The van der Waals surface area contributed by atoms with Crippen molar-refractivity contribution in [3.05, 3.63) is 35.4 Å². The van der Waals surface area contributed by atoms with Gasteiger partial charge in [-0.2, -0.15) is 0 Å². The largest absolute Gasteiger partial charge is 0.453 e. The fourth-order valence-electron chi connectivity index (χ4n) is 3.74. The molecule has 8 heteroatoms. The Morgan fingerprint density at radius 1 is 1.19 bits per heavy atom. The summed E-state index contributed by atoms with van der Waals surface area (Å²) in [5.74, 6) is -0.146. The fourth-order valence-corrected chi connectivity index (χ4v) is 3.74. The van der Waals surface area contributed by atoms with Gasteiger partial charge in [0.05, 0.1) is 13.2 Å². The lowest BCUT2D eigenvalue weighted by Crippen LogP contribution is -2.42. The molecule has 3 amide bonds. The van der Waals surface area contributed by atoms with Crippen molar-refractivity contribution >= 4 is 18.1 Å². The maximum atomic E-state index is 12.7. The number of benzene rings is 1. The molecule has 32 heavy (non-hydrogen) atoms. The predicted octanol–water partition coefficient (Wildman–Crippen LogP) is 3.85. The van der Waals surface area contributed by atoms with Gasteiger partial charge in [0.25, 0.3) is 0 Å². The van der Waals surface area contributed by atoms with Crippen LogP contribution >= 0.6 is 0 Å². The van der Waals surface area contributed by atoms with Gasteiger partial charge in [-0.15, -0.1) is 0 Å². The molecule has 8 nitrogen and oxygen atoms in total.